The molecule has 8 heteroatoms. The number of likely N-dealkylation sites (N-methyl/N-ethyl adjacent to an activating group) is 1. The fourth-order valence-electron chi connectivity index (χ4n) is 1.78. The molecule has 1 unspecified atom stereocenters. The highest BCUT2D eigenvalue weighted by molar-refractivity contribution is 5.80. The Labute approximate surface area is 122 Å². The number of benzene rings is 1. The van der Waals surface area contributed by atoms with Gasteiger partial charge in [-0.15, -0.1) is 0 Å². The van der Waals surface area contributed by atoms with Gasteiger partial charge >= 0.3 is 0 Å². The lowest BCUT2D eigenvalue weighted by molar-refractivity contribution is -0.385. The molecule has 116 valence electrons. The third-order valence-electron chi connectivity index (χ3n) is 2.87. The molecule has 0 spiro atoms. The molecule has 0 radical (unpaired) electrons. The van der Waals surface area contributed by atoms with Gasteiger partial charge in [-0.3, -0.25) is 14.9 Å². The molecule has 0 fully saturated rings. The molecule has 1 aromatic rings. The number of nitro groups is 1. The molecule has 0 saturated heterocycles. The van der Waals surface area contributed by atoms with Crippen LogP contribution in [0.4, 0.5) is 5.69 Å². The van der Waals surface area contributed by atoms with Gasteiger partial charge in [0.15, 0.2) is 17.6 Å². The molecule has 1 aromatic carbocycles. The summed E-state index contributed by atoms with van der Waals surface area (Å²) in [5.74, 6) is 0.158. The van der Waals surface area contributed by atoms with Crippen LogP contribution in [0, 0.1) is 10.1 Å². The number of nitrogens with zero attached hydrogens (tertiary/aromatic N) is 2. The summed E-state index contributed by atoms with van der Waals surface area (Å²) in [6.45, 7) is 1.56. The molecular weight excluding hydrogens is 278 g/mol. The van der Waals surface area contributed by atoms with E-state index in [0.717, 1.165) is 0 Å². The van der Waals surface area contributed by atoms with Crippen LogP contribution in [0.15, 0.2) is 12.1 Å². The van der Waals surface area contributed by atoms with E-state index in [1.807, 2.05) is 0 Å². The van der Waals surface area contributed by atoms with Crippen molar-refractivity contribution in [2.45, 2.75) is 19.6 Å². The van der Waals surface area contributed by atoms with Gasteiger partial charge in [-0.2, -0.15) is 0 Å². The van der Waals surface area contributed by atoms with Crippen LogP contribution in [0.3, 0.4) is 0 Å². The number of hydrogen-bond acceptors (Lipinski definition) is 6. The van der Waals surface area contributed by atoms with Crippen molar-refractivity contribution in [3.63, 3.8) is 0 Å². The molecule has 1 amide bonds. The molecule has 0 aromatic heterocycles. The Bertz CT molecular complexity index is 545. The zero-order valence-corrected chi connectivity index (χ0v) is 12.5. The van der Waals surface area contributed by atoms with Crippen LogP contribution in [0.5, 0.6) is 11.5 Å². The van der Waals surface area contributed by atoms with E-state index in [1.54, 1.807) is 21.0 Å². The second-order valence-electron chi connectivity index (χ2n) is 4.59. The van der Waals surface area contributed by atoms with E-state index in [-0.39, 0.29) is 23.9 Å². The van der Waals surface area contributed by atoms with Gasteiger partial charge in [0, 0.05) is 26.2 Å². The lowest BCUT2D eigenvalue weighted by Crippen LogP contribution is -2.35. The first-order valence-corrected chi connectivity index (χ1v) is 6.25. The number of methoxy groups -OCH3 is 1. The van der Waals surface area contributed by atoms with Gasteiger partial charge in [0.2, 0.25) is 0 Å². The quantitative estimate of drug-likeness (QED) is 0.618. The average molecular weight is 297 g/mol. The van der Waals surface area contributed by atoms with Gasteiger partial charge in [-0.05, 0) is 13.0 Å². The summed E-state index contributed by atoms with van der Waals surface area (Å²) in [7, 11) is 4.60. The predicted molar refractivity (Wildman–Crippen MR) is 76.3 cm³/mol. The van der Waals surface area contributed by atoms with E-state index in [4.69, 9.17) is 15.2 Å². The molecule has 1 atom stereocenters. The number of nitro benzene ring substituents is 1. The lowest BCUT2D eigenvalue weighted by atomic mass is 10.1. The monoisotopic (exact) mass is 297 g/mol. The SMILES string of the molecule is COc1cc(CN)c([N+](=O)[O-])cc1OC(C)C(=O)N(C)C. The Hall–Kier alpha value is -2.35. The second kappa shape index (κ2) is 6.89. The van der Waals surface area contributed by atoms with Crippen LogP contribution >= 0.6 is 0 Å². The molecule has 8 nitrogen and oxygen atoms in total. The minimum atomic E-state index is -0.794. The number of hydrogen-bond donors (Lipinski definition) is 1. The minimum absolute atomic E-state index is 0.000858. The Morgan fingerprint density at radius 3 is 2.48 bits per heavy atom. The van der Waals surface area contributed by atoms with Gasteiger partial charge in [0.25, 0.3) is 11.6 Å². The van der Waals surface area contributed by atoms with Gasteiger partial charge in [-0.25, -0.2) is 0 Å². The Morgan fingerprint density at radius 2 is 2.05 bits per heavy atom. The summed E-state index contributed by atoms with van der Waals surface area (Å²) in [5.41, 5.74) is 5.65. The normalized spacial score (nSPS) is 11.7. The lowest BCUT2D eigenvalue weighted by Gasteiger charge is -2.19. The number of nitrogens with two attached hydrogens (primary N) is 1. The van der Waals surface area contributed by atoms with Gasteiger partial charge in [0.05, 0.1) is 18.1 Å². The molecular formula is C13H19N3O5. The number of rotatable bonds is 6. The summed E-state index contributed by atoms with van der Waals surface area (Å²) in [5, 5.41) is 11.0. The zero-order chi connectivity index (χ0) is 16.2. The van der Waals surface area contributed by atoms with Crippen LogP contribution in [-0.4, -0.2) is 43.0 Å². The van der Waals surface area contributed by atoms with Crippen LogP contribution < -0.4 is 15.2 Å². The van der Waals surface area contributed by atoms with Gasteiger partial charge < -0.3 is 20.1 Å². The van der Waals surface area contributed by atoms with E-state index in [0.29, 0.717) is 11.3 Å². The van der Waals surface area contributed by atoms with E-state index >= 15 is 0 Å². The van der Waals surface area contributed by atoms with Crippen LogP contribution in [0.1, 0.15) is 12.5 Å². The van der Waals surface area contributed by atoms with Crippen molar-refractivity contribution in [2.75, 3.05) is 21.2 Å². The van der Waals surface area contributed by atoms with Crippen molar-refractivity contribution in [3.8, 4) is 11.5 Å². The largest absolute Gasteiger partial charge is 0.493 e. The van der Waals surface area contributed by atoms with Gasteiger partial charge in [0.1, 0.15) is 0 Å². The Morgan fingerprint density at radius 1 is 1.43 bits per heavy atom. The summed E-state index contributed by atoms with van der Waals surface area (Å²) in [4.78, 5) is 23.7. The highest BCUT2D eigenvalue weighted by Crippen LogP contribution is 2.35. The van der Waals surface area contributed by atoms with E-state index in [9.17, 15) is 14.9 Å². The van der Waals surface area contributed by atoms with E-state index in [2.05, 4.69) is 0 Å². The summed E-state index contributed by atoms with van der Waals surface area (Å²) in [6.07, 6.45) is -0.794. The standard InChI is InChI=1S/C13H19N3O5/c1-8(13(17)15(2)3)21-12-6-10(16(18)19)9(7-14)5-11(12)20-4/h5-6,8H,7,14H2,1-4H3. The minimum Gasteiger partial charge on any atom is -0.493 e. The van der Waals surface area contributed by atoms with Crippen molar-refractivity contribution in [1.29, 1.82) is 0 Å². The molecule has 0 heterocycles. The van der Waals surface area contributed by atoms with Crippen molar-refractivity contribution >= 4 is 11.6 Å². The number of amides is 1. The Kier molecular flexibility index (Phi) is 5.48. The molecule has 0 bridgehead atoms. The molecule has 2 N–H and O–H groups in total. The fraction of sp³-hybridized carbons (Fsp3) is 0.462. The summed E-state index contributed by atoms with van der Waals surface area (Å²) >= 11 is 0. The first-order valence-electron chi connectivity index (χ1n) is 6.25. The molecule has 0 aliphatic carbocycles. The molecule has 0 aliphatic rings. The first-order chi connectivity index (χ1) is 9.81. The maximum absolute atomic E-state index is 11.8. The maximum atomic E-state index is 11.8. The maximum Gasteiger partial charge on any atom is 0.277 e. The predicted octanol–water partition coefficient (Wildman–Crippen LogP) is 0.918. The number of carbonyl (C=O) groups excluding carboxylic acids is 1. The molecule has 0 aliphatic heterocycles. The molecule has 21 heavy (non-hydrogen) atoms. The summed E-state index contributed by atoms with van der Waals surface area (Å²) in [6, 6.07) is 2.67. The number of ether oxygens (including phenoxy) is 2. The number of carbonyl (C=O) groups is 1. The first kappa shape index (κ1) is 16.7. The molecule has 0 saturated carbocycles. The summed E-state index contributed by atoms with van der Waals surface area (Å²) < 4.78 is 10.6. The molecule has 1 rings (SSSR count). The van der Waals surface area contributed by atoms with E-state index < -0.39 is 11.0 Å². The third-order valence-corrected chi connectivity index (χ3v) is 2.87. The average Bonchev–Trinajstić information content (AvgIpc) is 2.45. The smallest absolute Gasteiger partial charge is 0.277 e. The topological polar surface area (TPSA) is 108 Å². The van der Waals surface area contributed by atoms with E-state index in [1.165, 1.54) is 24.1 Å². The Balaban J connectivity index is 3.19. The van der Waals surface area contributed by atoms with Crippen molar-refractivity contribution < 1.29 is 19.2 Å². The van der Waals surface area contributed by atoms with Crippen LogP contribution in [0.25, 0.3) is 0 Å². The highest BCUT2D eigenvalue weighted by Gasteiger charge is 2.23. The highest BCUT2D eigenvalue weighted by atomic mass is 16.6. The zero-order valence-electron chi connectivity index (χ0n) is 12.5. The van der Waals surface area contributed by atoms with Gasteiger partial charge in [-0.1, -0.05) is 0 Å². The third kappa shape index (κ3) is 3.82. The van der Waals surface area contributed by atoms with Crippen LogP contribution in [0.2, 0.25) is 0 Å². The second-order valence-corrected chi connectivity index (χ2v) is 4.59. The van der Waals surface area contributed by atoms with Crippen molar-refractivity contribution in [1.82, 2.24) is 4.90 Å². The van der Waals surface area contributed by atoms with Crippen molar-refractivity contribution in [3.05, 3.63) is 27.8 Å². The van der Waals surface area contributed by atoms with Crippen LogP contribution in [-0.2, 0) is 11.3 Å². The van der Waals surface area contributed by atoms with Crippen molar-refractivity contribution in [2.24, 2.45) is 5.73 Å². The fourth-order valence-corrected chi connectivity index (χ4v) is 1.78.